The molecule has 0 aromatic heterocycles. The lowest BCUT2D eigenvalue weighted by Gasteiger charge is -2.24. The average molecular weight is 359 g/mol. The van der Waals surface area contributed by atoms with Crippen molar-refractivity contribution in [3.8, 4) is 0 Å². The smallest absolute Gasteiger partial charge is 0.185 e. The number of carbonyl (C=O) groups is 2. The third kappa shape index (κ3) is 7.25. The van der Waals surface area contributed by atoms with Gasteiger partial charge in [0.2, 0.25) is 0 Å². The fourth-order valence-electron chi connectivity index (χ4n) is 2.96. The van der Waals surface area contributed by atoms with Crippen molar-refractivity contribution in [3.05, 3.63) is 46.1 Å². The van der Waals surface area contributed by atoms with E-state index in [0.717, 1.165) is 19.3 Å². The number of carbonyl (C=O) groups excluding carboxylic acids is 2. The first kappa shape index (κ1) is 22.3. The molecule has 3 heteroatoms. The first-order valence-electron chi connectivity index (χ1n) is 9.52. The van der Waals surface area contributed by atoms with E-state index in [9.17, 15) is 14.7 Å². The van der Waals surface area contributed by atoms with Crippen LogP contribution in [0.3, 0.4) is 0 Å². The zero-order valence-electron chi connectivity index (χ0n) is 17.2. The Morgan fingerprint density at radius 3 is 2.31 bits per heavy atom. The Morgan fingerprint density at radius 1 is 1.04 bits per heavy atom. The maximum atomic E-state index is 12.3. The fraction of sp³-hybridized carbons (Fsp3) is 0.565. The van der Waals surface area contributed by atoms with Crippen LogP contribution in [0, 0.1) is 0 Å². The van der Waals surface area contributed by atoms with E-state index in [1.165, 1.54) is 17.2 Å². The molecule has 1 atom stereocenters. The molecule has 1 N–H and O–H groups in total. The van der Waals surface area contributed by atoms with Crippen LogP contribution in [0.1, 0.15) is 80.1 Å². The Kier molecular flexibility index (Phi) is 8.42. The van der Waals surface area contributed by atoms with Crippen molar-refractivity contribution in [2.24, 2.45) is 0 Å². The molecule has 144 valence electrons. The van der Waals surface area contributed by atoms with Crippen LogP contribution < -0.4 is 0 Å². The average Bonchev–Trinajstić information content (AvgIpc) is 2.54. The van der Waals surface area contributed by atoms with Crippen molar-refractivity contribution in [3.63, 3.8) is 0 Å². The van der Waals surface area contributed by atoms with Crippen LogP contribution in [-0.2, 0) is 9.59 Å². The quantitative estimate of drug-likeness (QED) is 0.443. The van der Waals surface area contributed by atoms with E-state index < -0.39 is 5.60 Å². The largest absolute Gasteiger partial charge is 0.390 e. The van der Waals surface area contributed by atoms with Gasteiger partial charge in [0.1, 0.15) is 0 Å². The lowest BCUT2D eigenvalue weighted by atomic mass is 9.85. The zero-order chi connectivity index (χ0) is 19.9. The predicted octanol–water partition coefficient (Wildman–Crippen LogP) is 5.41. The molecule has 26 heavy (non-hydrogen) atoms. The summed E-state index contributed by atoms with van der Waals surface area (Å²) in [5.74, 6) is -0.153. The van der Waals surface area contributed by atoms with Crippen LogP contribution in [0.25, 0.3) is 0 Å². The van der Waals surface area contributed by atoms with Crippen molar-refractivity contribution in [1.29, 1.82) is 0 Å². The summed E-state index contributed by atoms with van der Waals surface area (Å²) in [5.41, 5.74) is 3.41. The van der Waals surface area contributed by atoms with Gasteiger partial charge in [-0.05, 0) is 86.1 Å². The standard InChI is InChI=1S/C23H34O3/c1-16(2)9-7-10-17(3)11-8-13-23(6,26)14-12-20-15-21(24)18(4)19(5)22(20)25/h9,11,15,26H,7-8,10,12-14H2,1-6H3. The van der Waals surface area contributed by atoms with E-state index in [1.54, 1.807) is 13.8 Å². The molecule has 3 nitrogen and oxygen atoms in total. The van der Waals surface area contributed by atoms with Crippen molar-refractivity contribution < 1.29 is 14.7 Å². The van der Waals surface area contributed by atoms with Gasteiger partial charge < -0.3 is 5.11 Å². The number of ketones is 2. The Bertz CT molecular complexity index is 666. The second-order valence-electron chi connectivity index (χ2n) is 8.02. The molecular weight excluding hydrogens is 324 g/mol. The third-order valence-corrected chi connectivity index (χ3v) is 5.07. The van der Waals surface area contributed by atoms with Gasteiger partial charge in [-0.15, -0.1) is 0 Å². The van der Waals surface area contributed by atoms with Crippen LogP contribution in [-0.4, -0.2) is 22.3 Å². The first-order chi connectivity index (χ1) is 12.0. The molecular formula is C23H34O3. The molecule has 0 saturated heterocycles. The Labute approximate surface area is 158 Å². The Morgan fingerprint density at radius 2 is 1.69 bits per heavy atom. The maximum Gasteiger partial charge on any atom is 0.185 e. The maximum absolute atomic E-state index is 12.3. The highest BCUT2D eigenvalue weighted by Gasteiger charge is 2.26. The van der Waals surface area contributed by atoms with Crippen molar-refractivity contribution in [2.75, 3.05) is 0 Å². The van der Waals surface area contributed by atoms with Gasteiger partial charge in [0.15, 0.2) is 11.6 Å². The molecule has 1 aliphatic carbocycles. The van der Waals surface area contributed by atoms with E-state index in [2.05, 4.69) is 32.9 Å². The van der Waals surface area contributed by atoms with Gasteiger partial charge in [-0.2, -0.15) is 0 Å². The lowest BCUT2D eigenvalue weighted by molar-refractivity contribution is -0.116. The van der Waals surface area contributed by atoms with E-state index >= 15 is 0 Å². The second kappa shape index (κ2) is 9.82. The predicted molar refractivity (Wildman–Crippen MR) is 108 cm³/mol. The van der Waals surface area contributed by atoms with Gasteiger partial charge in [-0.1, -0.05) is 23.3 Å². The monoisotopic (exact) mass is 358 g/mol. The lowest BCUT2D eigenvalue weighted by Crippen LogP contribution is -2.25. The van der Waals surface area contributed by atoms with Gasteiger partial charge >= 0.3 is 0 Å². The first-order valence-corrected chi connectivity index (χ1v) is 9.52. The molecule has 0 bridgehead atoms. The molecule has 0 heterocycles. The van der Waals surface area contributed by atoms with Crippen molar-refractivity contribution in [2.45, 2.75) is 85.7 Å². The number of allylic oxidation sites excluding steroid dienone is 8. The zero-order valence-corrected chi connectivity index (χ0v) is 17.2. The number of aliphatic hydroxyl groups is 1. The molecule has 1 aliphatic rings. The number of Topliss-reactive ketones (excluding diaryl/α,β-unsaturated/α-hetero) is 1. The van der Waals surface area contributed by atoms with Gasteiger partial charge in [0.25, 0.3) is 0 Å². The highest BCUT2D eigenvalue weighted by atomic mass is 16.3. The highest BCUT2D eigenvalue weighted by Crippen LogP contribution is 2.27. The summed E-state index contributed by atoms with van der Waals surface area (Å²) in [6.45, 7) is 11.5. The summed E-state index contributed by atoms with van der Waals surface area (Å²) in [7, 11) is 0. The second-order valence-corrected chi connectivity index (χ2v) is 8.02. The Balaban J connectivity index is 2.50. The molecule has 0 amide bonds. The molecule has 1 rings (SSSR count). The summed E-state index contributed by atoms with van der Waals surface area (Å²) in [6.07, 6.45) is 10.3. The Hall–Kier alpha value is -1.74. The van der Waals surface area contributed by atoms with E-state index in [0.29, 0.717) is 36.0 Å². The van der Waals surface area contributed by atoms with E-state index in [1.807, 2.05) is 6.92 Å². The van der Waals surface area contributed by atoms with Crippen molar-refractivity contribution >= 4 is 11.6 Å². The molecule has 0 aromatic rings. The third-order valence-electron chi connectivity index (χ3n) is 5.07. The number of hydrogen-bond donors (Lipinski definition) is 1. The van der Waals surface area contributed by atoms with Gasteiger partial charge in [-0.25, -0.2) is 0 Å². The van der Waals surface area contributed by atoms with Gasteiger partial charge in [-0.3, -0.25) is 9.59 Å². The van der Waals surface area contributed by atoms with Crippen LogP contribution in [0.2, 0.25) is 0 Å². The summed E-state index contributed by atoms with van der Waals surface area (Å²) < 4.78 is 0. The minimum atomic E-state index is -0.842. The van der Waals surface area contributed by atoms with Gasteiger partial charge in [0.05, 0.1) is 5.60 Å². The minimum Gasteiger partial charge on any atom is -0.390 e. The summed E-state index contributed by atoms with van der Waals surface area (Å²) in [6, 6.07) is 0. The highest BCUT2D eigenvalue weighted by molar-refractivity contribution is 6.22. The normalized spacial score (nSPS) is 18.0. The molecule has 0 fully saturated rings. The van der Waals surface area contributed by atoms with E-state index in [4.69, 9.17) is 0 Å². The molecule has 1 unspecified atom stereocenters. The SMILES string of the molecule is CC(C)=CCCC(C)=CCCC(C)(O)CCC1=CC(=O)C(C)=C(C)C1=O. The summed E-state index contributed by atoms with van der Waals surface area (Å²) >= 11 is 0. The van der Waals surface area contributed by atoms with Gasteiger partial charge in [0, 0.05) is 16.7 Å². The minimum absolute atomic E-state index is 0.0621. The molecule has 0 aliphatic heterocycles. The molecule has 0 spiro atoms. The summed E-state index contributed by atoms with van der Waals surface area (Å²) in [4.78, 5) is 24.2. The van der Waals surface area contributed by atoms with Crippen LogP contribution in [0.15, 0.2) is 46.1 Å². The van der Waals surface area contributed by atoms with Crippen molar-refractivity contribution in [1.82, 2.24) is 0 Å². The topological polar surface area (TPSA) is 54.4 Å². The molecule has 0 saturated carbocycles. The number of hydrogen-bond acceptors (Lipinski definition) is 3. The molecule has 0 aromatic carbocycles. The fourth-order valence-corrected chi connectivity index (χ4v) is 2.96. The van der Waals surface area contributed by atoms with E-state index in [-0.39, 0.29) is 11.6 Å². The van der Waals surface area contributed by atoms with Crippen LogP contribution in [0.4, 0.5) is 0 Å². The molecule has 0 radical (unpaired) electrons. The summed E-state index contributed by atoms with van der Waals surface area (Å²) in [5, 5.41) is 10.6. The van der Waals surface area contributed by atoms with Crippen LogP contribution in [0.5, 0.6) is 0 Å². The van der Waals surface area contributed by atoms with Crippen LogP contribution >= 0.6 is 0 Å². The number of rotatable bonds is 9.